The van der Waals surface area contributed by atoms with E-state index >= 15 is 0 Å². The summed E-state index contributed by atoms with van der Waals surface area (Å²) < 4.78 is 5.70. The van der Waals surface area contributed by atoms with Gasteiger partial charge in [-0.2, -0.15) is 11.8 Å². The summed E-state index contributed by atoms with van der Waals surface area (Å²) in [4.78, 5) is 0. The molecule has 17 heavy (non-hydrogen) atoms. The maximum atomic E-state index is 6.13. The fourth-order valence-corrected chi connectivity index (χ4v) is 3.64. The van der Waals surface area contributed by atoms with E-state index in [1.54, 1.807) is 0 Å². The predicted octanol–water partition coefficient (Wildman–Crippen LogP) is 2.73. The number of thioether (sulfide) groups is 1. The van der Waals surface area contributed by atoms with Gasteiger partial charge >= 0.3 is 0 Å². The predicted molar refractivity (Wildman–Crippen MR) is 73.2 cm³/mol. The van der Waals surface area contributed by atoms with E-state index < -0.39 is 0 Å². The summed E-state index contributed by atoms with van der Waals surface area (Å²) in [7, 11) is 0. The van der Waals surface area contributed by atoms with Crippen LogP contribution in [0.2, 0.25) is 5.02 Å². The van der Waals surface area contributed by atoms with Gasteiger partial charge < -0.3 is 10.1 Å². The Bertz CT molecular complexity index is 420. The second-order valence-electron chi connectivity index (χ2n) is 4.69. The van der Waals surface area contributed by atoms with E-state index in [0.717, 1.165) is 35.5 Å². The summed E-state index contributed by atoms with van der Waals surface area (Å²) in [6, 6.07) is 4.09. The van der Waals surface area contributed by atoms with E-state index in [2.05, 4.69) is 11.4 Å². The number of ether oxygens (including phenoxy) is 1. The molecule has 1 N–H and O–H groups in total. The number of nitrogens with one attached hydrogen (secondary N) is 1. The Morgan fingerprint density at radius 1 is 1.41 bits per heavy atom. The molecule has 0 spiro atoms. The molecule has 0 atom stereocenters. The molecule has 1 fully saturated rings. The monoisotopic (exact) mass is 269 g/mol. The van der Waals surface area contributed by atoms with Gasteiger partial charge in [0.2, 0.25) is 0 Å². The van der Waals surface area contributed by atoms with Crippen molar-refractivity contribution >= 4 is 23.4 Å². The summed E-state index contributed by atoms with van der Waals surface area (Å²) in [6.45, 7) is 3.16. The van der Waals surface area contributed by atoms with Crippen molar-refractivity contribution < 1.29 is 4.74 Å². The number of halogens is 1. The van der Waals surface area contributed by atoms with Crippen LogP contribution in [0, 0.1) is 5.92 Å². The number of fused-ring (bicyclic) bond motifs is 1. The number of benzene rings is 1. The zero-order valence-corrected chi connectivity index (χ0v) is 11.2. The van der Waals surface area contributed by atoms with Crippen LogP contribution in [0.25, 0.3) is 0 Å². The standard InChI is InChI=1S/C13H16ClNOS/c14-12-3-10-1-2-16-13(10)11(4-12)8-17-7-9-5-15-6-9/h3-4,9,15H,1-2,5-8H2. The van der Waals surface area contributed by atoms with Gasteiger partial charge in [0, 0.05) is 22.8 Å². The van der Waals surface area contributed by atoms with E-state index in [9.17, 15) is 0 Å². The number of hydrogen-bond acceptors (Lipinski definition) is 3. The Morgan fingerprint density at radius 2 is 2.29 bits per heavy atom. The van der Waals surface area contributed by atoms with Gasteiger partial charge in [-0.05, 0) is 42.5 Å². The molecule has 0 aliphatic carbocycles. The largest absolute Gasteiger partial charge is 0.493 e. The van der Waals surface area contributed by atoms with Crippen molar-refractivity contribution in [3.05, 3.63) is 28.3 Å². The van der Waals surface area contributed by atoms with Crippen LogP contribution in [0.3, 0.4) is 0 Å². The van der Waals surface area contributed by atoms with Crippen LogP contribution >= 0.6 is 23.4 Å². The lowest BCUT2D eigenvalue weighted by molar-refractivity contribution is 0.354. The lowest BCUT2D eigenvalue weighted by atomic mass is 10.1. The van der Waals surface area contributed by atoms with E-state index in [-0.39, 0.29) is 0 Å². The third-order valence-electron chi connectivity index (χ3n) is 3.30. The smallest absolute Gasteiger partial charge is 0.126 e. The molecule has 2 aliphatic heterocycles. The Morgan fingerprint density at radius 3 is 3.06 bits per heavy atom. The molecule has 0 saturated carbocycles. The van der Waals surface area contributed by atoms with Crippen molar-refractivity contribution in [2.75, 3.05) is 25.4 Å². The Labute approximate surface area is 111 Å². The molecule has 3 rings (SSSR count). The summed E-state index contributed by atoms with van der Waals surface area (Å²) in [5.41, 5.74) is 2.54. The minimum absolute atomic E-state index is 0.805. The molecule has 0 bridgehead atoms. The van der Waals surface area contributed by atoms with Crippen LogP contribution in [-0.2, 0) is 12.2 Å². The molecule has 1 saturated heterocycles. The topological polar surface area (TPSA) is 21.3 Å². The van der Waals surface area contributed by atoms with Crippen molar-refractivity contribution in [3.63, 3.8) is 0 Å². The molecule has 0 amide bonds. The first-order valence-electron chi connectivity index (χ1n) is 6.05. The zero-order valence-electron chi connectivity index (χ0n) is 9.67. The van der Waals surface area contributed by atoms with E-state index in [1.807, 2.05) is 17.8 Å². The SMILES string of the molecule is Clc1cc2c(c(CSCC3CNC3)c1)OCC2. The number of hydrogen-bond donors (Lipinski definition) is 1. The van der Waals surface area contributed by atoms with Crippen molar-refractivity contribution in [1.82, 2.24) is 5.32 Å². The van der Waals surface area contributed by atoms with Crippen LogP contribution in [-0.4, -0.2) is 25.4 Å². The number of rotatable bonds is 4. The minimum atomic E-state index is 0.805. The molecule has 0 unspecified atom stereocenters. The molecule has 0 radical (unpaired) electrons. The van der Waals surface area contributed by atoms with Crippen LogP contribution in [0.4, 0.5) is 0 Å². The first-order valence-corrected chi connectivity index (χ1v) is 7.59. The summed E-state index contributed by atoms with van der Waals surface area (Å²) in [5.74, 6) is 4.19. The van der Waals surface area contributed by atoms with E-state index in [4.69, 9.17) is 16.3 Å². The summed E-state index contributed by atoms with van der Waals surface area (Å²) in [6.07, 6.45) is 1.00. The molecule has 2 heterocycles. The van der Waals surface area contributed by atoms with E-state index in [0.29, 0.717) is 0 Å². The fourth-order valence-electron chi connectivity index (χ4n) is 2.26. The van der Waals surface area contributed by atoms with Crippen molar-refractivity contribution in [2.45, 2.75) is 12.2 Å². The molecule has 1 aromatic rings. The molecule has 0 aromatic heterocycles. The van der Waals surface area contributed by atoms with Gasteiger partial charge in [0.1, 0.15) is 5.75 Å². The van der Waals surface area contributed by atoms with Crippen LogP contribution in [0.1, 0.15) is 11.1 Å². The van der Waals surface area contributed by atoms with Crippen LogP contribution < -0.4 is 10.1 Å². The summed E-state index contributed by atoms with van der Waals surface area (Å²) >= 11 is 8.12. The van der Waals surface area contributed by atoms with Gasteiger partial charge in [-0.15, -0.1) is 0 Å². The van der Waals surface area contributed by atoms with Gasteiger partial charge in [0.05, 0.1) is 6.61 Å². The molecule has 4 heteroatoms. The van der Waals surface area contributed by atoms with Crippen molar-refractivity contribution in [2.24, 2.45) is 5.92 Å². The highest BCUT2D eigenvalue weighted by Gasteiger charge is 2.19. The van der Waals surface area contributed by atoms with Gasteiger partial charge in [-0.25, -0.2) is 0 Å². The third kappa shape index (κ3) is 2.56. The zero-order chi connectivity index (χ0) is 11.7. The second-order valence-corrected chi connectivity index (χ2v) is 6.16. The first kappa shape index (κ1) is 11.7. The Hall–Kier alpha value is -0.380. The maximum absolute atomic E-state index is 6.13. The van der Waals surface area contributed by atoms with Gasteiger partial charge in [-0.3, -0.25) is 0 Å². The quantitative estimate of drug-likeness (QED) is 0.908. The Balaban J connectivity index is 1.65. The average Bonchev–Trinajstić information content (AvgIpc) is 2.69. The lowest BCUT2D eigenvalue weighted by Crippen LogP contribution is -2.43. The molecule has 1 aromatic carbocycles. The molecular formula is C13H16ClNOS. The average molecular weight is 270 g/mol. The highest BCUT2D eigenvalue weighted by molar-refractivity contribution is 7.98. The van der Waals surface area contributed by atoms with E-state index in [1.165, 1.54) is 30.0 Å². The third-order valence-corrected chi connectivity index (χ3v) is 4.74. The van der Waals surface area contributed by atoms with Gasteiger partial charge in [0.15, 0.2) is 0 Å². The minimum Gasteiger partial charge on any atom is -0.493 e. The van der Waals surface area contributed by atoms with Crippen molar-refractivity contribution in [1.29, 1.82) is 0 Å². The molecule has 92 valence electrons. The molecule has 2 nitrogen and oxygen atoms in total. The first-order chi connectivity index (χ1) is 8.33. The summed E-state index contributed by atoms with van der Waals surface area (Å²) in [5, 5.41) is 4.14. The van der Waals surface area contributed by atoms with Crippen molar-refractivity contribution in [3.8, 4) is 5.75 Å². The fraction of sp³-hybridized carbons (Fsp3) is 0.538. The normalized spacial score (nSPS) is 18.6. The van der Waals surface area contributed by atoms with Gasteiger partial charge in [0.25, 0.3) is 0 Å². The highest BCUT2D eigenvalue weighted by atomic mass is 35.5. The highest BCUT2D eigenvalue weighted by Crippen LogP contribution is 2.35. The van der Waals surface area contributed by atoms with Crippen LogP contribution in [0.15, 0.2) is 12.1 Å². The Kier molecular flexibility index (Phi) is 3.50. The van der Waals surface area contributed by atoms with Crippen LogP contribution in [0.5, 0.6) is 5.75 Å². The maximum Gasteiger partial charge on any atom is 0.126 e. The molecular weight excluding hydrogens is 254 g/mol. The lowest BCUT2D eigenvalue weighted by Gasteiger charge is -2.26. The van der Waals surface area contributed by atoms with Gasteiger partial charge in [-0.1, -0.05) is 11.6 Å². The second kappa shape index (κ2) is 5.09. The molecule has 2 aliphatic rings.